The summed E-state index contributed by atoms with van der Waals surface area (Å²) in [4.78, 5) is 30.7. The van der Waals surface area contributed by atoms with Crippen LogP contribution in [0, 0.1) is 5.82 Å². The Kier molecular flexibility index (Phi) is 3.03. The predicted molar refractivity (Wildman–Crippen MR) is 74.6 cm³/mol. The number of pyridine rings is 1. The van der Waals surface area contributed by atoms with E-state index in [2.05, 4.69) is 15.3 Å². The van der Waals surface area contributed by atoms with Gasteiger partial charge in [-0.25, -0.2) is 9.37 Å². The largest absolute Gasteiger partial charge is 0.358 e. The van der Waals surface area contributed by atoms with E-state index >= 15 is 0 Å². The standard InChI is InChI=1S/C13H8FN3O2S/c14-9-3-1-2-7-10(9)16-6-8(11(7)18)12(19)17-13-15-4-5-20-13/h1-6H,(H,16,18)(H,15,17,19). The number of H-pyrrole nitrogens is 1. The number of carbonyl (C=O) groups is 1. The van der Waals surface area contributed by atoms with Crippen LogP contribution in [0.3, 0.4) is 0 Å². The molecule has 1 amide bonds. The molecule has 2 aromatic heterocycles. The van der Waals surface area contributed by atoms with Crippen molar-refractivity contribution in [3.8, 4) is 0 Å². The van der Waals surface area contributed by atoms with Crippen LogP contribution in [0.2, 0.25) is 0 Å². The van der Waals surface area contributed by atoms with Crippen molar-refractivity contribution in [2.24, 2.45) is 0 Å². The van der Waals surface area contributed by atoms with Crippen LogP contribution in [0.15, 0.2) is 40.8 Å². The number of thiazole rings is 1. The number of hydrogen-bond donors (Lipinski definition) is 2. The molecule has 0 bridgehead atoms. The van der Waals surface area contributed by atoms with Crippen molar-refractivity contribution in [3.63, 3.8) is 0 Å². The summed E-state index contributed by atoms with van der Waals surface area (Å²) in [6.45, 7) is 0. The molecule has 3 aromatic rings. The van der Waals surface area contributed by atoms with Gasteiger partial charge in [0, 0.05) is 23.2 Å². The normalized spacial score (nSPS) is 10.7. The first kappa shape index (κ1) is 12.5. The van der Waals surface area contributed by atoms with Crippen LogP contribution >= 0.6 is 11.3 Å². The van der Waals surface area contributed by atoms with Gasteiger partial charge in [-0.05, 0) is 12.1 Å². The van der Waals surface area contributed by atoms with Crippen LogP contribution in [0.25, 0.3) is 10.9 Å². The highest BCUT2D eigenvalue weighted by Gasteiger charge is 2.15. The molecular weight excluding hydrogens is 281 g/mol. The molecule has 0 saturated carbocycles. The molecule has 1 aromatic carbocycles. The van der Waals surface area contributed by atoms with E-state index in [9.17, 15) is 14.0 Å². The highest BCUT2D eigenvalue weighted by atomic mass is 32.1. The zero-order chi connectivity index (χ0) is 14.1. The number of nitrogens with one attached hydrogen (secondary N) is 2. The summed E-state index contributed by atoms with van der Waals surface area (Å²) < 4.78 is 13.5. The van der Waals surface area contributed by atoms with Gasteiger partial charge in [-0.15, -0.1) is 11.3 Å². The zero-order valence-electron chi connectivity index (χ0n) is 10.0. The number of rotatable bonds is 2. The lowest BCUT2D eigenvalue weighted by atomic mass is 10.1. The van der Waals surface area contributed by atoms with Crippen molar-refractivity contribution >= 4 is 33.3 Å². The number of aromatic nitrogens is 2. The Labute approximate surface area is 116 Å². The van der Waals surface area contributed by atoms with E-state index in [1.165, 1.54) is 35.7 Å². The molecule has 0 aliphatic carbocycles. The van der Waals surface area contributed by atoms with Crippen LogP contribution in [-0.2, 0) is 0 Å². The van der Waals surface area contributed by atoms with Gasteiger partial charge in [-0.3, -0.25) is 14.9 Å². The van der Waals surface area contributed by atoms with Gasteiger partial charge >= 0.3 is 0 Å². The maximum atomic E-state index is 13.5. The minimum Gasteiger partial charge on any atom is -0.358 e. The molecule has 0 saturated heterocycles. The molecule has 0 aliphatic rings. The lowest BCUT2D eigenvalue weighted by Crippen LogP contribution is -2.22. The monoisotopic (exact) mass is 289 g/mol. The first-order valence-electron chi connectivity index (χ1n) is 5.67. The number of hydrogen-bond acceptors (Lipinski definition) is 4. The Morgan fingerprint density at radius 1 is 1.40 bits per heavy atom. The third-order valence-corrected chi connectivity index (χ3v) is 3.45. The quantitative estimate of drug-likeness (QED) is 0.760. The predicted octanol–water partition coefficient (Wildman–Crippen LogP) is 2.38. The van der Waals surface area contributed by atoms with Crippen LogP contribution in [-0.4, -0.2) is 15.9 Å². The van der Waals surface area contributed by atoms with Crippen LogP contribution in [0.1, 0.15) is 10.4 Å². The van der Waals surface area contributed by atoms with Crippen molar-refractivity contribution < 1.29 is 9.18 Å². The first-order valence-corrected chi connectivity index (χ1v) is 6.55. The van der Waals surface area contributed by atoms with Gasteiger partial charge in [0.05, 0.1) is 5.52 Å². The Morgan fingerprint density at radius 3 is 3.00 bits per heavy atom. The van der Waals surface area contributed by atoms with Gasteiger partial charge in [0.15, 0.2) is 5.13 Å². The number of amides is 1. The molecule has 0 radical (unpaired) electrons. The maximum Gasteiger partial charge on any atom is 0.262 e. The van der Waals surface area contributed by atoms with E-state index in [0.717, 1.165) is 0 Å². The average Bonchev–Trinajstić information content (AvgIpc) is 2.93. The second-order valence-corrected chi connectivity index (χ2v) is 4.88. The summed E-state index contributed by atoms with van der Waals surface area (Å²) in [7, 11) is 0. The number of aromatic amines is 1. The van der Waals surface area contributed by atoms with Crippen molar-refractivity contribution in [3.05, 3.63) is 57.6 Å². The van der Waals surface area contributed by atoms with Gasteiger partial charge in [0.2, 0.25) is 5.43 Å². The van der Waals surface area contributed by atoms with Crippen molar-refractivity contribution in [1.29, 1.82) is 0 Å². The number of anilines is 1. The number of benzene rings is 1. The van der Waals surface area contributed by atoms with Crippen molar-refractivity contribution in [1.82, 2.24) is 9.97 Å². The summed E-state index contributed by atoms with van der Waals surface area (Å²) in [6, 6.07) is 4.14. The Hall–Kier alpha value is -2.54. The lowest BCUT2D eigenvalue weighted by Gasteiger charge is -2.04. The van der Waals surface area contributed by atoms with Gasteiger partial charge < -0.3 is 4.98 Å². The molecule has 0 aliphatic heterocycles. The van der Waals surface area contributed by atoms with Crippen LogP contribution < -0.4 is 10.7 Å². The van der Waals surface area contributed by atoms with Gasteiger partial charge in [-0.1, -0.05) is 6.07 Å². The molecule has 5 nitrogen and oxygen atoms in total. The van der Waals surface area contributed by atoms with E-state index in [-0.39, 0.29) is 16.5 Å². The number of nitrogens with zero attached hydrogens (tertiary/aromatic N) is 1. The summed E-state index contributed by atoms with van der Waals surface area (Å²) >= 11 is 1.24. The summed E-state index contributed by atoms with van der Waals surface area (Å²) in [5, 5.41) is 4.75. The molecule has 0 fully saturated rings. The summed E-state index contributed by atoms with van der Waals surface area (Å²) in [6.07, 6.45) is 2.75. The van der Waals surface area contributed by atoms with E-state index in [0.29, 0.717) is 5.13 Å². The summed E-state index contributed by atoms with van der Waals surface area (Å²) in [5.41, 5.74) is -0.520. The lowest BCUT2D eigenvalue weighted by molar-refractivity contribution is 0.102. The third-order valence-electron chi connectivity index (χ3n) is 2.76. The Morgan fingerprint density at radius 2 is 2.25 bits per heavy atom. The summed E-state index contributed by atoms with van der Waals surface area (Å²) in [5.74, 6) is -1.11. The van der Waals surface area contributed by atoms with Crippen molar-refractivity contribution in [2.45, 2.75) is 0 Å². The minimum atomic E-state index is -0.577. The van der Waals surface area contributed by atoms with Crippen LogP contribution in [0.5, 0.6) is 0 Å². The highest BCUT2D eigenvalue weighted by Crippen LogP contribution is 2.14. The van der Waals surface area contributed by atoms with E-state index in [4.69, 9.17) is 0 Å². The van der Waals surface area contributed by atoms with E-state index in [1.54, 1.807) is 11.6 Å². The Balaban J connectivity index is 2.07. The smallest absolute Gasteiger partial charge is 0.262 e. The number of halogens is 1. The molecule has 3 rings (SSSR count). The second kappa shape index (κ2) is 4.86. The van der Waals surface area contributed by atoms with Gasteiger partial charge in [0.1, 0.15) is 11.4 Å². The third kappa shape index (κ3) is 2.08. The fraction of sp³-hybridized carbons (Fsp3) is 0. The van der Waals surface area contributed by atoms with E-state index in [1.807, 2.05) is 0 Å². The molecule has 0 spiro atoms. The molecule has 100 valence electrons. The fourth-order valence-corrected chi connectivity index (χ4v) is 2.36. The first-order chi connectivity index (χ1) is 9.66. The second-order valence-electron chi connectivity index (χ2n) is 3.99. The topological polar surface area (TPSA) is 74.8 Å². The average molecular weight is 289 g/mol. The number of para-hydroxylation sites is 1. The molecule has 0 atom stereocenters. The Bertz CT molecular complexity index is 842. The van der Waals surface area contributed by atoms with Crippen molar-refractivity contribution in [2.75, 3.05) is 5.32 Å². The molecule has 2 N–H and O–H groups in total. The maximum absolute atomic E-state index is 13.5. The number of carbonyl (C=O) groups excluding carboxylic acids is 1. The van der Waals surface area contributed by atoms with Crippen LogP contribution in [0.4, 0.5) is 9.52 Å². The zero-order valence-corrected chi connectivity index (χ0v) is 10.8. The van der Waals surface area contributed by atoms with E-state index < -0.39 is 17.2 Å². The molecule has 20 heavy (non-hydrogen) atoms. The molecule has 2 heterocycles. The minimum absolute atomic E-state index is 0.0849. The van der Waals surface area contributed by atoms with Gasteiger partial charge in [-0.2, -0.15) is 0 Å². The SMILES string of the molecule is O=C(Nc1nccs1)c1c[nH]c2c(F)cccc2c1=O. The molecule has 7 heteroatoms. The highest BCUT2D eigenvalue weighted by molar-refractivity contribution is 7.13. The molecular formula is C13H8FN3O2S. The molecule has 0 unspecified atom stereocenters. The van der Waals surface area contributed by atoms with Gasteiger partial charge in [0.25, 0.3) is 5.91 Å². The fourth-order valence-electron chi connectivity index (χ4n) is 1.83. The number of fused-ring (bicyclic) bond motifs is 1.